The number of rotatable bonds is 7. The third-order valence-electron chi connectivity index (χ3n) is 4.27. The van der Waals surface area contributed by atoms with Crippen molar-refractivity contribution in [2.75, 3.05) is 25.0 Å². The van der Waals surface area contributed by atoms with Gasteiger partial charge in [0, 0.05) is 19.3 Å². The van der Waals surface area contributed by atoms with Crippen LogP contribution in [0.3, 0.4) is 0 Å². The Balaban J connectivity index is 1.48. The predicted octanol–water partition coefficient (Wildman–Crippen LogP) is 2.27. The second kappa shape index (κ2) is 7.98. The van der Waals surface area contributed by atoms with Gasteiger partial charge in [0.2, 0.25) is 5.88 Å². The summed E-state index contributed by atoms with van der Waals surface area (Å²) >= 11 is 0. The number of carbonyl (C=O) groups is 1. The first-order chi connectivity index (χ1) is 12.1. The number of anilines is 1. The predicted molar refractivity (Wildman–Crippen MR) is 96.2 cm³/mol. The Hall–Kier alpha value is -2.60. The molecule has 3 N–H and O–H groups in total. The number of hydrogen-bond donors (Lipinski definition) is 3. The highest BCUT2D eigenvalue weighted by Crippen LogP contribution is 2.25. The zero-order valence-electron chi connectivity index (χ0n) is 14.2. The number of carboxylic acid groups (broad SMARTS) is 1. The Morgan fingerprint density at radius 2 is 2.32 bits per heavy atom. The van der Waals surface area contributed by atoms with Gasteiger partial charge in [-0.2, -0.15) is 0 Å². The van der Waals surface area contributed by atoms with Crippen molar-refractivity contribution in [1.29, 1.82) is 0 Å². The summed E-state index contributed by atoms with van der Waals surface area (Å²) in [6.07, 6.45) is 1.82. The van der Waals surface area contributed by atoms with E-state index in [1.54, 1.807) is 6.20 Å². The van der Waals surface area contributed by atoms with Crippen LogP contribution in [0.5, 0.6) is 5.88 Å². The van der Waals surface area contributed by atoms with Gasteiger partial charge in [0.25, 0.3) is 0 Å². The van der Waals surface area contributed by atoms with Crippen LogP contribution in [0.1, 0.15) is 24.0 Å². The van der Waals surface area contributed by atoms with Crippen molar-refractivity contribution in [2.45, 2.75) is 25.4 Å². The molecule has 0 saturated carbocycles. The number of carboxylic acids is 1. The fourth-order valence-corrected chi connectivity index (χ4v) is 2.92. The summed E-state index contributed by atoms with van der Waals surface area (Å²) in [7, 11) is 0. The minimum absolute atomic E-state index is 0.0351. The van der Waals surface area contributed by atoms with Crippen molar-refractivity contribution in [3.05, 3.63) is 53.7 Å². The summed E-state index contributed by atoms with van der Waals surface area (Å²) in [6.45, 7) is 4.39. The third-order valence-corrected chi connectivity index (χ3v) is 4.27. The van der Waals surface area contributed by atoms with Crippen LogP contribution in [0.2, 0.25) is 0 Å². The fourth-order valence-electron chi connectivity index (χ4n) is 2.92. The Bertz CT molecular complexity index is 735. The van der Waals surface area contributed by atoms with Crippen LogP contribution in [-0.4, -0.2) is 41.8 Å². The number of ether oxygens (including phenoxy) is 1. The summed E-state index contributed by atoms with van der Waals surface area (Å²) in [5, 5.41) is 15.7. The van der Waals surface area contributed by atoms with E-state index in [2.05, 4.69) is 22.5 Å². The average Bonchev–Trinajstić information content (AvgIpc) is 2.61. The van der Waals surface area contributed by atoms with Crippen molar-refractivity contribution < 1.29 is 14.6 Å². The minimum Gasteiger partial charge on any atom is -0.481 e. The maximum Gasteiger partial charge on any atom is 0.307 e. The number of fused-ring (bicyclic) bond motifs is 1. The second-order valence-electron chi connectivity index (χ2n) is 6.35. The maximum absolute atomic E-state index is 10.8. The lowest BCUT2D eigenvalue weighted by atomic mass is 9.98. The highest BCUT2D eigenvalue weighted by atomic mass is 16.5. The summed E-state index contributed by atoms with van der Waals surface area (Å²) in [6, 6.07) is 11.6. The molecule has 25 heavy (non-hydrogen) atoms. The van der Waals surface area contributed by atoms with Crippen molar-refractivity contribution in [1.82, 2.24) is 10.3 Å². The zero-order valence-corrected chi connectivity index (χ0v) is 14.2. The lowest BCUT2D eigenvalue weighted by Crippen LogP contribution is -2.40. The number of aliphatic carboxylic acids is 1. The Kier molecular flexibility index (Phi) is 5.50. The van der Waals surface area contributed by atoms with Gasteiger partial charge < -0.3 is 20.5 Å². The van der Waals surface area contributed by atoms with E-state index in [1.165, 1.54) is 0 Å². The number of nitrogens with one attached hydrogen (secondary N) is 2. The molecule has 2 unspecified atom stereocenters. The molecule has 2 atom stereocenters. The van der Waals surface area contributed by atoms with Crippen LogP contribution in [0, 0.1) is 0 Å². The largest absolute Gasteiger partial charge is 0.481 e. The second-order valence-corrected chi connectivity index (χ2v) is 6.35. The van der Waals surface area contributed by atoms with Gasteiger partial charge in [-0.15, -0.1) is 0 Å². The minimum atomic E-state index is -0.807. The average molecular weight is 341 g/mol. The van der Waals surface area contributed by atoms with Crippen LogP contribution in [0.25, 0.3) is 0 Å². The van der Waals surface area contributed by atoms with Gasteiger partial charge in [0.1, 0.15) is 6.10 Å². The van der Waals surface area contributed by atoms with E-state index in [0.29, 0.717) is 5.88 Å². The van der Waals surface area contributed by atoms with Gasteiger partial charge in [0.05, 0.1) is 18.7 Å². The van der Waals surface area contributed by atoms with Gasteiger partial charge in [0.15, 0.2) is 0 Å². The summed E-state index contributed by atoms with van der Waals surface area (Å²) in [5.41, 5.74) is 2.91. The molecule has 6 nitrogen and oxygen atoms in total. The molecule has 1 aromatic heterocycles. The number of benzene rings is 1. The van der Waals surface area contributed by atoms with E-state index in [0.717, 1.165) is 36.4 Å². The van der Waals surface area contributed by atoms with E-state index in [-0.39, 0.29) is 18.4 Å². The van der Waals surface area contributed by atoms with Crippen molar-refractivity contribution in [3.8, 4) is 5.88 Å². The number of aromatic nitrogens is 1. The molecule has 0 amide bonds. The third kappa shape index (κ3) is 4.70. The molecule has 0 spiro atoms. The maximum atomic E-state index is 10.8. The van der Waals surface area contributed by atoms with Gasteiger partial charge >= 0.3 is 5.97 Å². The Labute approximate surface area is 147 Å². The van der Waals surface area contributed by atoms with E-state index in [1.807, 2.05) is 36.4 Å². The van der Waals surface area contributed by atoms with Gasteiger partial charge in [-0.1, -0.05) is 31.2 Å². The van der Waals surface area contributed by atoms with Gasteiger partial charge in [-0.3, -0.25) is 4.79 Å². The molecular formula is C19H23N3O3. The van der Waals surface area contributed by atoms with Crippen LogP contribution in [0.4, 0.5) is 5.69 Å². The molecule has 2 heterocycles. The lowest BCUT2D eigenvalue weighted by Gasteiger charge is -2.27. The first kappa shape index (κ1) is 17.2. The fraction of sp³-hybridized carbons (Fsp3) is 0.368. The monoisotopic (exact) mass is 341 g/mol. The van der Waals surface area contributed by atoms with Crippen LogP contribution in [-0.2, 0) is 11.2 Å². The van der Waals surface area contributed by atoms with Crippen molar-refractivity contribution >= 4 is 11.7 Å². The number of hydrogen-bond acceptors (Lipinski definition) is 5. The molecule has 2 aromatic rings. The first-order valence-electron chi connectivity index (χ1n) is 8.48. The lowest BCUT2D eigenvalue weighted by molar-refractivity contribution is -0.136. The van der Waals surface area contributed by atoms with Crippen LogP contribution in [0.15, 0.2) is 42.6 Å². The smallest absolute Gasteiger partial charge is 0.307 e. The summed E-state index contributed by atoms with van der Waals surface area (Å²) in [5.74, 6) is 0.129. The van der Waals surface area contributed by atoms with Crippen molar-refractivity contribution in [2.24, 2.45) is 0 Å². The highest BCUT2D eigenvalue weighted by molar-refractivity contribution is 5.70. The molecule has 6 heteroatoms. The van der Waals surface area contributed by atoms with Crippen molar-refractivity contribution in [3.63, 3.8) is 0 Å². The van der Waals surface area contributed by atoms with E-state index >= 15 is 0 Å². The summed E-state index contributed by atoms with van der Waals surface area (Å²) < 4.78 is 5.88. The molecule has 0 radical (unpaired) electrons. The topological polar surface area (TPSA) is 83.5 Å². The van der Waals surface area contributed by atoms with E-state index < -0.39 is 5.97 Å². The quantitative estimate of drug-likeness (QED) is 0.717. The zero-order chi connectivity index (χ0) is 17.6. The molecule has 1 aliphatic heterocycles. The van der Waals surface area contributed by atoms with Crippen LogP contribution < -0.4 is 15.4 Å². The molecular weight excluding hydrogens is 318 g/mol. The molecule has 1 aromatic carbocycles. The SMILES string of the molecule is CC(CNCC1CNc2cccnc2O1)c1cccc(CC(=O)O)c1. The van der Waals surface area contributed by atoms with Crippen LogP contribution >= 0.6 is 0 Å². The van der Waals surface area contributed by atoms with Gasteiger partial charge in [-0.25, -0.2) is 4.98 Å². The number of pyridine rings is 1. The molecule has 0 saturated heterocycles. The molecule has 0 bridgehead atoms. The Morgan fingerprint density at radius 1 is 1.44 bits per heavy atom. The van der Waals surface area contributed by atoms with Gasteiger partial charge in [-0.05, 0) is 29.2 Å². The highest BCUT2D eigenvalue weighted by Gasteiger charge is 2.19. The molecule has 1 aliphatic rings. The molecule has 3 rings (SSSR count). The number of nitrogens with zero attached hydrogens (tertiary/aromatic N) is 1. The van der Waals surface area contributed by atoms with E-state index in [4.69, 9.17) is 9.84 Å². The Morgan fingerprint density at radius 3 is 3.16 bits per heavy atom. The summed E-state index contributed by atoms with van der Waals surface area (Å²) in [4.78, 5) is 15.1. The standard InChI is InChI=1S/C19H23N3O3/c1-13(15-5-2-4-14(8-15)9-18(23)24)10-20-11-16-12-22-17-6-3-7-21-19(17)25-16/h2-8,13,16,20,22H,9-12H2,1H3,(H,23,24). The molecule has 0 aliphatic carbocycles. The first-order valence-corrected chi connectivity index (χ1v) is 8.48. The molecule has 0 fully saturated rings. The molecule has 132 valence electrons. The normalized spacial score (nSPS) is 17.1. The van der Waals surface area contributed by atoms with E-state index in [9.17, 15) is 4.79 Å².